The molecule has 2 aliphatic rings. The number of carbonyl (C=O) groups excluding carboxylic acids is 2. The van der Waals surface area contributed by atoms with E-state index in [1.54, 1.807) is 6.08 Å². The Morgan fingerprint density at radius 2 is 1.08 bits per heavy atom. The summed E-state index contributed by atoms with van der Waals surface area (Å²) in [4.78, 5) is 29.3. The Kier molecular flexibility index (Phi) is 6.15. The zero-order chi connectivity index (χ0) is 32.6. The number of benzene rings is 7. The largest absolute Gasteiger partial charge is 0.310 e. The van der Waals surface area contributed by atoms with E-state index < -0.39 is 0 Å². The minimum absolute atomic E-state index is 0.203. The van der Waals surface area contributed by atoms with Gasteiger partial charge in [0.25, 0.3) is 0 Å². The third kappa shape index (κ3) is 4.21. The predicted octanol–water partition coefficient (Wildman–Crippen LogP) is 11.2. The van der Waals surface area contributed by atoms with Crippen LogP contribution in [0.5, 0.6) is 0 Å². The van der Waals surface area contributed by atoms with E-state index >= 15 is 0 Å². The highest BCUT2D eigenvalue weighted by molar-refractivity contribution is 6.42. The van der Waals surface area contributed by atoms with Gasteiger partial charge < -0.3 is 4.90 Å². The first-order valence-corrected chi connectivity index (χ1v) is 16.3. The summed E-state index contributed by atoms with van der Waals surface area (Å²) in [6.07, 6.45) is 1.78. The Bertz CT molecular complexity index is 2410. The molecule has 48 heavy (non-hydrogen) atoms. The summed E-state index contributed by atoms with van der Waals surface area (Å²) in [5.74, 6) is -0.406. The third-order valence-corrected chi connectivity index (χ3v) is 10.1. The lowest BCUT2D eigenvalue weighted by molar-refractivity contribution is 0.0990. The van der Waals surface area contributed by atoms with Crippen molar-refractivity contribution in [2.75, 3.05) is 4.90 Å². The molecule has 2 aliphatic carbocycles. The zero-order valence-corrected chi connectivity index (χ0v) is 26.7. The quantitative estimate of drug-likeness (QED) is 0.146. The number of nitrogens with zero attached hydrogens (tertiary/aromatic N) is 1. The molecule has 0 saturated carbocycles. The van der Waals surface area contributed by atoms with Crippen LogP contribution in [0.1, 0.15) is 51.3 Å². The number of para-hydroxylation sites is 2. The Morgan fingerprint density at radius 3 is 1.71 bits per heavy atom. The van der Waals surface area contributed by atoms with Gasteiger partial charge in [-0.15, -0.1) is 0 Å². The summed E-state index contributed by atoms with van der Waals surface area (Å²) < 4.78 is 0. The molecule has 7 aromatic rings. The highest BCUT2D eigenvalue weighted by Crippen LogP contribution is 2.52. The van der Waals surface area contributed by atoms with Crippen LogP contribution in [0.3, 0.4) is 0 Å². The van der Waals surface area contributed by atoms with E-state index in [0.29, 0.717) is 11.1 Å². The summed E-state index contributed by atoms with van der Waals surface area (Å²) >= 11 is 0. The number of fused-ring (bicyclic) bond motifs is 7. The van der Waals surface area contributed by atoms with Crippen molar-refractivity contribution in [3.63, 3.8) is 0 Å². The molecule has 9 rings (SSSR count). The van der Waals surface area contributed by atoms with Crippen LogP contribution in [0.15, 0.2) is 151 Å². The number of ketones is 2. The molecule has 0 atom stereocenters. The van der Waals surface area contributed by atoms with E-state index in [1.165, 1.54) is 33.0 Å². The van der Waals surface area contributed by atoms with Crippen molar-refractivity contribution >= 4 is 56.2 Å². The van der Waals surface area contributed by atoms with Gasteiger partial charge in [0, 0.05) is 33.6 Å². The fourth-order valence-corrected chi connectivity index (χ4v) is 7.80. The standard InChI is InChI=1S/C45H31NO2/c1-45(2)41-24-28(23-40-43(47)38-26-29-11-9-10-12-30(29)27-39(38)44(40)48)17-20-36(41)37-21-18-31-25-34(19-22-35(31)42(37)45)46(32-13-5-3-6-14-32)33-15-7-4-8-16-33/h3-27H,1-2H3. The molecule has 228 valence electrons. The first kappa shape index (κ1) is 28.2. The second-order valence-corrected chi connectivity index (χ2v) is 13.3. The van der Waals surface area contributed by atoms with Crippen molar-refractivity contribution in [2.45, 2.75) is 19.3 Å². The molecule has 3 nitrogen and oxygen atoms in total. The monoisotopic (exact) mass is 617 g/mol. The Morgan fingerprint density at radius 1 is 0.500 bits per heavy atom. The Balaban J connectivity index is 1.11. The van der Waals surface area contributed by atoms with E-state index in [4.69, 9.17) is 0 Å². The molecular formula is C45H31NO2. The van der Waals surface area contributed by atoms with Crippen molar-refractivity contribution in [1.82, 2.24) is 0 Å². The van der Waals surface area contributed by atoms with Crippen LogP contribution < -0.4 is 4.90 Å². The van der Waals surface area contributed by atoms with E-state index in [9.17, 15) is 9.59 Å². The molecule has 0 aliphatic heterocycles. The summed E-state index contributed by atoms with van der Waals surface area (Å²) in [6.45, 7) is 4.55. The number of allylic oxidation sites excluding steroid dienone is 1. The molecule has 0 bridgehead atoms. The minimum Gasteiger partial charge on any atom is -0.310 e. The van der Waals surface area contributed by atoms with Gasteiger partial charge in [-0.2, -0.15) is 0 Å². The van der Waals surface area contributed by atoms with E-state index in [1.807, 2.05) is 54.6 Å². The third-order valence-electron chi connectivity index (χ3n) is 10.1. The van der Waals surface area contributed by atoms with Crippen LogP contribution in [-0.4, -0.2) is 11.6 Å². The lowest BCUT2D eigenvalue weighted by Crippen LogP contribution is -2.16. The van der Waals surface area contributed by atoms with Gasteiger partial charge in [0.05, 0.1) is 5.57 Å². The summed E-state index contributed by atoms with van der Waals surface area (Å²) in [5.41, 5.74) is 9.99. The lowest BCUT2D eigenvalue weighted by atomic mass is 9.79. The maximum atomic E-state index is 13.5. The van der Waals surface area contributed by atoms with Crippen LogP contribution in [-0.2, 0) is 5.41 Å². The Hall–Kier alpha value is -6.06. The first-order chi connectivity index (χ1) is 23.4. The minimum atomic E-state index is -0.289. The second-order valence-electron chi connectivity index (χ2n) is 13.3. The van der Waals surface area contributed by atoms with Gasteiger partial charge in [-0.25, -0.2) is 0 Å². The molecule has 0 amide bonds. The van der Waals surface area contributed by atoms with Crippen LogP contribution in [0, 0.1) is 0 Å². The van der Waals surface area contributed by atoms with Gasteiger partial charge in [0.1, 0.15) is 0 Å². The number of carbonyl (C=O) groups is 2. The molecule has 0 fully saturated rings. The Labute approximate surface area is 279 Å². The van der Waals surface area contributed by atoms with Crippen molar-refractivity contribution in [1.29, 1.82) is 0 Å². The lowest BCUT2D eigenvalue weighted by Gasteiger charge is -2.27. The van der Waals surface area contributed by atoms with Crippen LogP contribution in [0.2, 0.25) is 0 Å². The number of hydrogen-bond donors (Lipinski definition) is 0. The number of Topliss-reactive ketones (excluding diaryl/α,β-unsaturated/α-hetero) is 2. The van der Waals surface area contributed by atoms with Gasteiger partial charge >= 0.3 is 0 Å². The van der Waals surface area contributed by atoms with Crippen molar-refractivity contribution < 1.29 is 9.59 Å². The molecule has 7 aromatic carbocycles. The van der Waals surface area contributed by atoms with Crippen LogP contribution in [0.25, 0.3) is 38.7 Å². The molecule has 0 N–H and O–H groups in total. The van der Waals surface area contributed by atoms with Crippen LogP contribution in [0.4, 0.5) is 17.1 Å². The number of anilines is 3. The normalized spacial score (nSPS) is 14.2. The summed E-state index contributed by atoms with van der Waals surface area (Å²) in [5, 5.41) is 4.33. The zero-order valence-electron chi connectivity index (χ0n) is 26.7. The van der Waals surface area contributed by atoms with Gasteiger partial charge in [0.2, 0.25) is 0 Å². The average Bonchev–Trinajstić information content (AvgIpc) is 3.49. The highest BCUT2D eigenvalue weighted by atomic mass is 16.2. The smallest absolute Gasteiger partial charge is 0.197 e. The van der Waals surface area contributed by atoms with Gasteiger partial charge in [0.15, 0.2) is 11.6 Å². The van der Waals surface area contributed by atoms with Gasteiger partial charge in [-0.05, 0) is 104 Å². The highest BCUT2D eigenvalue weighted by Gasteiger charge is 2.38. The molecule has 0 saturated heterocycles. The van der Waals surface area contributed by atoms with Gasteiger partial charge in [-0.1, -0.05) is 111 Å². The molecule has 0 radical (unpaired) electrons. The van der Waals surface area contributed by atoms with Crippen molar-refractivity contribution in [3.8, 4) is 11.1 Å². The summed E-state index contributed by atoms with van der Waals surface area (Å²) in [7, 11) is 0. The second kappa shape index (κ2) is 10.5. The molecule has 3 heteroatoms. The predicted molar refractivity (Wildman–Crippen MR) is 197 cm³/mol. The first-order valence-electron chi connectivity index (χ1n) is 16.3. The maximum absolute atomic E-state index is 13.5. The average molecular weight is 618 g/mol. The molecule has 0 aromatic heterocycles. The number of hydrogen-bond acceptors (Lipinski definition) is 3. The van der Waals surface area contributed by atoms with E-state index in [-0.39, 0.29) is 22.6 Å². The van der Waals surface area contributed by atoms with E-state index in [0.717, 1.165) is 33.4 Å². The molecule has 0 unspecified atom stereocenters. The topological polar surface area (TPSA) is 37.4 Å². The van der Waals surface area contributed by atoms with Crippen molar-refractivity contribution in [3.05, 3.63) is 179 Å². The summed E-state index contributed by atoms with van der Waals surface area (Å²) in [6, 6.07) is 50.0. The van der Waals surface area contributed by atoms with E-state index in [2.05, 4.69) is 110 Å². The van der Waals surface area contributed by atoms with Crippen molar-refractivity contribution in [2.24, 2.45) is 0 Å². The number of rotatable bonds is 4. The SMILES string of the molecule is CC1(C)c2cc(C=C3C(=O)c4cc5ccccc5cc4C3=O)ccc2-c2ccc3cc(N(c4ccccc4)c4ccccc4)ccc3c21. The molecular weight excluding hydrogens is 587 g/mol. The maximum Gasteiger partial charge on any atom is 0.197 e. The van der Waals surface area contributed by atoms with Gasteiger partial charge in [-0.3, -0.25) is 9.59 Å². The molecule has 0 heterocycles. The fourth-order valence-electron chi connectivity index (χ4n) is 7.80. The van der Waals surface area contributed by atoms with Crippen LogP contribution >= 0.6 is 0 Å². The fraction of sp³-hybridized carbons (Fsp3) is 0.0667. The molecule has 0 spiro atoms.